The number of nitrogens with one attached hydrogen (secondary N) is 1. The van der Waals surface area contributed by atoms with Gasteiger partial charge in [-0.25, -0.2) is 9.97 Å². The first-order chi connectivity index (χ1) is 6.45. The van der Waals surface area contributed by atoms with Gasteiger partial charge in [-0.15, -0.1) is 0 Å². The second-order valence-electron chi connectivity index (χ2n) is 3.13. The zero-order valence-corrected chi connectivity index (χ0v) is 7.44. The Kier molecular flexibility index (Phi) is 2.72. The Labute approximate surface area is 77.4 Å². The van der Waals surface area contributed by atoms with Crippen molar-refractivity contribution >= 4 is 0 Å². The summed E-state index contributed by atoms with van der Waals surface area (Å²) in [6.07, 6.45) is 5.75. The van der Waals surface area contributed by atoms with Crippen LogP contribution in [0.1, 0.15) is 12.8 Å². The first kappa shape index (κ1) is 8.44. The van der Waals surface area contributed by atoms with E-state index in [0.29, 0.717) is 5.88 Å². The lowest BCUT2D eigenvalue weighted by atomic mass is 10.1. The third kappa shape index (κ3) is 2.39. The Hall–Kier alpha value is -1.16. The lowest BCUT2D eigenvalue weighted by Crippen LogP contribution is -2.37. The Morgan fingerprint density at radius 2 is 2.54 bits per heavy atom. The largest absolute Gasteiger partial charge is 0.473 e. The van der Waals surface area contributed by atoms with Gasteiger partial charge in [0.05, 0.1) is 0 Å². The lowest BCUT2D eigenvalue weighted by molar-refractivity contribution is 0.160. The van der Waals surface area contributed by atoms with Crippen LogP contribution in [-0.2, 0) is 0 Å². The van der Waals surface area contributed by atoms with Crippen LogP contribution in [0.25, 0.3) is 0 Å². The highest BCUT2D eigenvalue weighted by molar-refractivity contribution is 5.05. The highest BCUT2D eigenvalue weighted by Crippen LogP contribution is 2.10. The van der Waals surface area contributed by atoms with Crippen LogP contribution in [0.4, 0.5) is 0 Å². The van der Waals surface area contributed by atoms with Crippen LogP contribution in [0.5, 0.6) is 5.88 Å². The standard InChI is InChI=1S/C9H13N3O/c1-2-8(6-10-4-1)13-9-3-5-11-7-12-9/h3,5,7-8,10H,1-2,4,6H2/t8-/m0/s1. The number of aromatic nitrogens is 2. The quantitative estimate of drug-likeness (QED) is 0.722. The molecule has 2 heterocycles. The van der Waals surface area contributed by atoms with Crippen molar-refractivity contribution in [2.75, 3.05) is 13.1 Å². The first-order valence-corrected chi connectivity index (χ1v) is 4.58. The molecule has 2 rings (SSSR count). The van der Waals surface area contributed by atoms with Crippen molar-refractivity contribution in [2.24, 2.45) is 0 Å². The molecule has 1 aliphatic heterocycles. The van der Waals surface area contributed by atoms with E-state index in [1.54, 1.807) is 12.3 Å². The maximum Gasteiger partial charge on any atom is 0.216 e. The van der Waals surface area contributed by atoms with Crippen LogP contribution in [0.2, 0.25) is 0 Å². The Morgan fingerprint density at radius 1 is 1.54 bits per heavy atom. The molecule has 0 aromatic carbocycles. The molecule has 13 heavy (non-hydrogen) atoms. The molecule has 1 atom stereocenters. The van der Waals surface area contributed by atoms with Crippen molar-refractivity contribution in [1.29, 1.82) is 0 Å². The molecule has 0 spiro atoms. The zero-order valence-electron chi connectivity index (χ0n) is 7.44. The van der Waals surface area contributed by atoms with Gasteiger partial charge in [-0.3, -0.25) is 0 Å². The molecular formula is C9H13N3O. The molecule has 0 bridgehead atoms. The maximum atomic E-state index is 5.64. The molecule has 70 valence electrons. The van der Waals surface area contributed by atoms with Gasteiger partial charge in [0, 0.05) is 18.8 Å². The lowest BCUT2D eigenvalue weighted by Gasteiger charge is -2.22. The van der Waals surface area contributed by atoms with E-state index in [9.17, 15) is 0 Å². The minimum atomic E-state index is 0.267. The average Bonchev–Trinajstić information content (AvgIpc) is 2.21. The molecule has 0 amide bonds. The fourth-order valence-corrected chi connectivity index (χ4v) is 1.44. The van der Waals surface area contributed by atoms with Crippen LogP contribution in [0, 0.1) is 0 Å². The zero-order chi connectivity index (χ0) is 8.93. The van der Waals surface area contributed by atoms with Crippen molar-refractivity contribution in [1.82, 2.24) is 15.3 Å². The summed E-state index contributed by atoms with van der Waals surface area (Å²) in [7, 11) is 0. The Bertz CT molecular complexity index is 246. The molecule has 1 aromatic rings. The summed E-state index contributed by atoms with van der Waals surface area (Å²) in [4.78, 5) is 7.84. The van der Waals surface area contributed by atoms with Crippen LogP contribution >= 0.6 is 0 Å². The second-order valence-corrected chi connectivity index (χ2v) is 3.13. The van der Waals surface area contributed by atoms with Gasteiger partial charge in [-0.1, -0.05) is 0 Å². The van der Waals surface area contributed by atoms with E-state index in [0.717, 1.165) is 19.5 Å². The molecule has 0 aliphatic carbocycles. The van der Waals surface area contributed by atoms with Crippen molar-refractivity contribution in [3.8, 4) is 5.88 Å². The number of hydrogen-bond acceptors (Lipinski definition) is 4. The van der Waals surface area contributed by atoms with E-state index in [-0.39, 0.29) is 6.10 Å². The van der Waals surface area contributed by atoms with Gasteiger partial charge in [0.1, 0.15) is 12.4 Å². The van der Waals surface area contributed by atoms with Gasteiger partial charge >= 0.3 is 0 Å². The van der Waals surface area contributed by atoms with E-state index < -0.39 is 0 Å². The summed E-state index contributed by atoms with van der Waals surface area (Å²) in [6, 6.07) is 1.79. The monoisotopic (exact) mass is 179 g/mol. The molecule has 1 N–H and O–H groups in total. The molecule has 0 radical (unpaired) electrons. The molecule has 1 saturated heterocycles. The van der Waals surface area contributed by atoms with Crippen LogP contribution in [0.15, 0.2) is 18.6 Å². The predicted octanol–water partition coefficient (Wildman–Crippen LogP) is 0.607. The topological polar surface area (TPSA) is 47.0 Å². The highest BCUT2D eigenvalue weighted by Gasteiger charge is 2.14. The summed E-state index contributed by atoms with van der Waals surface area (Å²) in [5, 5.41) is 3.29. The van der Waals surface area contributed by atoms with E-state index in [1.165, 1.54) is 12.7 Å². The number of piperidine rings is 1. The van der Waals surface area contributed by atoms with Crippen molar-refractivity contribution < 1.29 is 4.74 Å². The fraction of sp³-hybridized carbons (Fsp3) is 0.556. The number of ether oxygens (including phenoxy) is 1. The van der Waals surface area contributed by atoms with E-state index >= 15 is 0 Å². The third-order valence-electron chi connectivity index (χ3n) is 2.09. The van der Waals surface area contributed by atoms with Crippen molar-refractivity contribution in [2.45, 2.75) is 18.9 Å². The molecule has 1 aromatic heterocycles. The SMILES string of the molecule is c1cc(O[C@H]2CCCNC2)ncn1. The summed E-state index contributed by atoms with van der Waals surface area (Å²) in [6.45, 7) is 2.02. The average molecular weight is 179 g/mol. The fourth-order valence-electron chi connectivity index (χ4n) is 1.44. The van der Waals surface area contributed by atoms with Crippen LogP contribution in [0.3, 0.4) is 0 Å². The smallest absolute Gasteiger partial charge is 0.216 e. The summed E-state index contributed by atoms with van der Waals surface area (Å²) >= 11 is 0. The third-order valence-corrected chi connectivity index (χ3v) is 2.09. The molecular weight excluding hydrogens is 166 g/mol. The predicted molar refractivity (Wildman–Crippen MR) is 48.6 cm³/mol. The van der Waals surface area contributed by atoms with Crippen molar-refractivity contribution in [3.05, 3.63) is 18.6 Å². The Balaban J connectivity index is 1.90. The van der Waals surface area contributed by atoms with E-state index in [1.807, 2.05) is 0 Å². The molecule has 0 saturated carbocycles. The number of nitrogens with zero attached hydrogens (tertiary/aromatic N) is 2. The minimum absolute atomic E-state index is 0.267. The van der Waals surface area contributed by atoms with Crippen LogP contribution in [-0.4, -0.2) is 29.2 Å². The summed E-state index contributed by atoms with van der Waals surface area (Å²) < 4.78 is 5.64. The minimum Gasteiger partial charge on any atom is -0.473 e. The summed E-state index contributed by atoms with van der Waals surface area (Å²) in [5.74, 6) is 0.670. The first-order valence-electron chi connectivity index (χ1n) is 4.58. The second kappa shape index (κ2) is 4.18. The van der Waals surface area contributed by atoms with Gasteiger partial charge < -0.3 is 10.1 Å². The molecule has 4 heteroatoms. The highest BCUT2D eigenvalue weighted by atomic mass is 16.5. The van der Waals surface area contributed by atoms with E-state index in [2.05, 4.69) is 15.3 Å². The number of rotatable bonds is 2. The summed E-state index contributed by atoms with van der Waals surface area (Å²) in [5.41, 5.74) is 0. The van der Waals surface area contributed by atoms with Gasteiger partial charge in [0.15, 0.2) is 0 Å². The molecule has 1 aliphatic rings. The van der Waals surface area contributed by atoms with Gasteiger partial charge in [0.25, 0.3) is 0 Å². The molecule has 1 fully saturated rings. The van der Waals surface area contributed by atoms with Crippen molar-refractivity contribution in [3.63, 3.8) is 0 Å². The van der Waals surface area contributed by atoms with Gasteiger partial charge in [-0.05, 0) is 19.4 Å². The van der Waals surface area contributed by atoms with Crippen LogP contribution < -0.4 is 10.1 Å². The number of hydrogen-bond donors (Lipinski definition) is 1. The molecule has 4 nitrogen and oxygen atoms in total. The normalized spacial score (nSPS) is 22.6. The molecule has 0 unspecified atom stereocenters. The maximum absolute atomic E-state index is 5.64. The van der Waals surface area contributed by atoms with Gasteiger partial charge in [-0.2, -0.15) is 0 Å². The Morgan fingerprint density at radius 3 is 3.23 bits per heavy atom. The van der Waals surface area contributed by atoms with Gasteiger partial charge in [0.2, 0.25) is 5.88 Å². The van der Waals surface area contributed by atoms with E-state index in [4.69, 9.17) is 4.74 Å².